The second kappa shape index (κ2) is 4.66. The minimum atomic E-state index is 0.429. The summed E-state index contributed by atoms with van der Waals surface area (Å²) in [6.45, 7) is 3.35. The van der Waals surface area contributed by atoms with E-state index in [-0.39, 0.29) is 0 Å². The van der Waals surface area contributed by atoms with Crippen LogP contribution >= 0.6 is 0 Å². The molecule has 0 bridgehead atoms. The molecular formula is C13H19N3. The molecular weight excluding hydrogens is 198 g/mol. The Labute approximate surface area is 96.6 Å². The molecule has 0 saturated carbocycles. The van der Waals surface area contributed by atoms with Crippen LogP contribution in [0.4, 0.5) is 5.69 Å². The van der Waals surface area contributed by atoms with Crippen LogP contribution in [0, 0.1) is 11.3 Å². The zero-order chi connectivity index (χ0) is 11.5. The Morgan fingerprint density at radius 2 is 2.25 bits per heavy atom. The van der Waals surface area contributed by atoms with Gasteiger partial charge in [-0.3, -0.25) is 0 Å². The number of anilines is 1. The molecule has 0 amide bonds. The summed E-state index contributed by atoms with van der Waals surface area (Å²) in [5.41, 5.74) is 8.63. The van der Waals surface area contributed by atoms with E-state index < -0.39 is 0 Å². The number of hydrogen-bond donors (Lipinski definition) is 3. The first kappa shape index (κ1) is 11.1. The average molecular weight is 217 g/mol. The van der Waals surface area contributed by atoms with Crippen molar-refractivity contribution in [2.45, 2.75) is 25.8 Å². The fourth-order valence-electron chi connectivity index (χ4n) is 2.22. The first-order chi connectivity index (χ1) is 7.70. The molecule has 1 aliphatic heterocycles. The van der Waals surface area contributed by atoms with Crippen molar-refractivity contribution in [3.05, 3.63) is 29.3 Å². The molecule has 2 atom stereocenters. The van der Waals surface area contributed by atoms with Gasteiger partial charge in [-0.1, -0.05) is 19.1 Å². The van der Waals surface area contributed by atoms with Crippen LogP contribution in [0.1, 0.15) is 36.9 Å². The maximum Gasteiger partial charge on any atom is 0.0406 e. The summed E-state index contributed by atoms with van der Waals surface area (Å²) in [5.74, 6) is 0.773. The topological polar surface area (TPSA) is 61.9 Å². The average Bonchev–Trinajstić information content (AvgIpc) is 2.30. The molecule has 1 aliphatic rings. The van der Waals surface area contributed by atoms with Crippen LogP contribution in [0.2, 0.25) is 0 Å². The van der Waals surface area contributed by atoms with Crippen LogP contribution < -0.4 is 11.1 Å². The lowest BCUT2D eigenvalue weighted by atomic mass is 9.91. The molecule has 1 saturated heterocycles. The van der Waals surface area contributed by atoms with Crippen molar-refractivity contribution in [3.8, 4) is 0 Å². The minimum absolute atomic E-state index is 0.429. The molecule has 1 aromatic carbocycles. The van der Waals surface area contributed by atoms with E-state index in [0.29, 0.717) is 11.7 Å². The quantitative estimate of drug-likeness (QED) is 0.526. The van der Waals surface area contributed by atoms with Crippen molar-refractivity contribution in [2.24, 2.45) is 5.92 Å². The van der Waals surface area contributed by atoms with Gasteiger partial charge >= 0.3 is 0 Å². The lowest BCUT2D eigenvalue weighted by Crippen LogP contribution is -2.31. The molecule has 0 unspecified atom stereocenters. The van der Waals surface area contributed by atoms with E-state index in [0.717, 1.165) is 18.0 Å². The SMILES string of the molecule is C[C@H]1CC[C@H](c2ccc(C=N)c(N)c2)NC1. The van der Waals surface area contributed by atoms with Gasteiger partial charge in [0.15, 0.2) is 0 Å². The smallest absolute Gasteiger partial charge is 0.0406 e. The zero-order valence-electron chi connectivity index (χ0n) is 9.66. The van der Waals surface area contributed by atoms with E-state index >= 15 is 0 Å². The van der Waals surface area contributed by atoms with Crippen molar-refractivity contribution < 1.29 is 0 Å². The highest BCUT2D eigenvalue weighted by atomic mass is 14.9. The number of rotatable bonds is 2. The Morgan fingerprint density at radius 1 is 1.44 bits per heavy atom. The van der Waals surface area contributed by atoms with E-state index in [1.165, 1.54) is 24.6 Å². The van der Waals surface area contributed by atoms with E-state index in [4.69, 9.17) is 11.1 Å². The van der Waals surface area contributed by atoms with E-state index in [1.54, 1.807) is 0 Å². The van der Waals surface area contributed by atoms with Crippen molar-refractivity contribution >= 4 is 11.9 Å². The van der Waals surface area contributed by atoms with E-state index in [9.17, 15) is 0 Å². The van der Waals surface area contributed by atoms with Crippen molar-refractivity contribution in [1.82, 2.24) is 5.32 Å². The summed E-state index contributed by atoms with van der Waals surface area (Å²) in [7, 11) is 0. The summed E-state index contributed by atoms with van der Waals surface area (Å²) < 4.78 is 0. The Balaban J connectivity index is 2.15. The first-order valence-electron chi connectivity index (χ1n) is 5.84. The lowest BCUT2D eigenvalue weighted by molar-refractivity contribution is 0.333. The van der Waals surface area contributed by atoms with Gasteiger partial charge in [0.25, 0.3) is 0 Å². The Kier molecular flexibility index (Phi) is 3.25. The molecule has 3 nitrogen and oxygen atoms in total. The third kappa shape index (κ3) is 2.25. The Morgan fingerprint density at radius 3 is 2.81 bits per heavy atom. The third-order valence-electron chi connectivity index (χ3n) is 3.33. The largest absolute Gasteiger partial charge is 0.398 e. The van der Waals surface area contributed by atoms with Gasteiger partial charge in [0.1, 0.15) is 0 Å². The van der Waals surface area contributed by atoms with Crippen LogP contribution in [-0.4, -0.2) is 12.8 Å². The molecule has 4 N–H and O–H groups in total. The summed E-state index contributed by atoms with van der Waals surface area (Å²) in [6.07, 6.45) is 3.74. The van der Waals surface area contributed by atoms with Crippen LogP contribution in [0.5, 0.6) is 0 Å². The predicted molar refractivity (Wildman–Crippen MR) is 67.9 cm³/mol. The fourth-order valence-corrected chi connectivity index (χ4v) is 2.22. The lowest BCUT2D eigenvalue weighted by Gasteiger charge is -2.28. The molecule has 2 rings (SSSR count). The van der Waals surface area contributed by atoms with Crippen LogP contribution in [0.25, 0.3) is 0 Å². The molecule has 1 heterocycles. The molecule has 0 spiro atoms. The summed E-state index contributed by atoms with van der Waals surface area (Å²) in [5, 5.41) is 10.7. The molecule has 0 radical (unpaired) electrons. The van der Waals surface area contributed by atoms with Gasteiger partial charge in [-0.15, -0.1) is 0 Å². The fraction of sp³-hybridized carbons (Fsp3) is 0.462. The monoisotopic (exact) mass is 217 g/mol. The Hall–Kier alpha value is -1.35. The molecule has 3 heteroatoms. The summed E-state index contributed by atoms with van der Waals surface area (Å²) >= 11 is 0. The van der Waals surface area contributed by atoms with Gasteiger partial charge in [0.2, 0.25) is 0 Å². The minimum Gasteiger partial charge on any atom is -0.398 e. The van der Waals surface area contributed by atoms with Crippen LogP contribution in [-0.2, 0) is 0 Å². The van der Waals surface area contributed by atoms with Gasteiger partial charge in [0, 0.05) is 23.5 Å². The first-order valence-corrected chi connectivity index (χ1v) is 5.84. The number of benzene rings is 1. The molecule has 0 aliphatic carbocycles. The maximum absolute atomic E-state index is 7.21. The van der Waals surface area contributed by atoms with Gasteiger partial charge in [-0.2, -0.15) is 0 Å². The van der Waals surface area contributed by atoms with Gasteiger partial charge in [0.05, 0.1) is 0 Å². The van der Waals surface area contributed by atoms with Gasteiger partial charge in [-0.05, 0) is 36.9 Å². The van der Waals surface area contributed by atoms with Crippen molar-refractivity contribution in [1.29, 1.82) is 5.41 Å². The van der Waals surface area contributed by atoms with Crippen LogP contribution in [0.15, 0.2) is 18.2 Å². The number of nitrogens with one attached hydrogen (secondary N) is 2. The van der Waals surface area contributed by atoms with Gasteiger partial charge in [-0.25, -0.2) is 0 Å². The number of nitrogen functional groups attached to an aromatic ring is 1. The molecule has 86 valence electrons. The molecule has 0 aromatic heterocycles. The van der Waals surface area contributed by atoms with E-state index in [1.807, 2.05) is 12.1 Å². The highest BCUT2D eigenvalue weighted by molar-refractivity contribution is 5.84. The second-order valence-electron chi connectivity index (χ2n) is 4.68. The number of hydrogen-bond acceptors (Lipinski definition) is 3. The normalized spacial score (nSPS) is 25.3. The highest BCUT2D eigenvalue weighted by Crippen LogP contribution is 2.27. The standard InChI is InChI=1S/C13H19N3/c1-9-2-5-13(16-8-9)10-3-4-11(7-14)12(15)6-10/h3-4,6-7,9,13-14,16H,2,5,8,15H2,1H3/t9-,13+/m0/s1. The van der Waals surface area contributed by atoms with Gasteiger partial charge < -0.3 is 16.5 Å². The highest BCUT2D eigenvalue weighted by Gasteiger charge is 2.19. The summed E-state index contributed by atoms with van der Waals surface area (Å²) in [6, 6.07) is 6.42. The maximum atomic E-state index is 7.21. The Bertz CT molecular complexity index is 379. The predicted octanol–water partition coefficient (Wildman–Crippen LogP) is 2.33. The van der Waals surface area contributed by atoms with Crippen LogP contribution in [0.3, 0.4) is 0 Å². The second-order valence-corrected chi connectivity index (χ2v) is 4.68. The molecule has 1 aromatic rings. The van der Waals surface area contributed by atoms with E-state index in [2.05, 4.69) is 18.3 Å². The number of nitrogens with two attached hydrogens (primary N) is 1. The zero-order valence-corrected chi connectivity index (χ0v) is 9.66. The van der Waals surface area contributed by atoms with Crippen molar-refractivity contribution in [3.63, 3.8) is 0 Å². The third-order valence-corrected chi connectivity index (χ3v) is 3.33. The molecule has 1 fully saturated rings. The summed E-state index contributed by atoms with van der Waals surface area (Å²) in [4.78, 5) is 0. The van der Waals surface area contributed by atoms with Crippen molar-refractivity contribution in [2.75, 3.05) is 12.3 Å². The molecule has 16 heavy (non-hydrogen) atoms. The number of piperidine rings is 1.